The van der Waals surface area contributed by atoms with Crippen LogP contribution in [0, 0.1) is 0 Å². The first-order valence-corrected chi connectivity index (χ1v) is 26.0. The molecule has 0 bridgehead atoms. The van der Waals surface area contributed by atoms with Crippen LogP contribution >= 0.6 is 0 Å². The lowest BCUT2D eigenvalue weighted by atomic mass is 10.0. The number of nitrogens with one attached hydrogen (secondary N) is 2. The molecule has 2 saturated carbocycles. The van der Waals surface area contributed by atoms with Gasteiger partial charge < -0.3 is 40.1 Å². The van der Waals surface area contributed by atoms with E-state index < -0.39 is 11.9 Å². The Morgan fingerprint density at radius 2 is 0.746 bits per heavy atom. The van der Waals surface area contributed by atoms with Crippen LogP contribution in [-0.4, -0.2) is 61.4 Å². The summed E-state index contributed by atoms with van der Waals surface area (Å²) in [6, 6.07) is 26.1. The molecule has 0 amide bonds. The maximum absolute atomic E-state index is 11.7. The summed E-state index contributed by atoms with van der Waals surface area (Å²) in [4.78, 5) is 28.0. The molecule has 67 heavy (non-hydrogen) atoms. The van der Waals surface area contributed by atoms with Crippen molar-refractivity contribution in [3.8, 4) is 23.0 Å². The molecule has 10 heteroatoms. The number of nitrogens with zero attached hydrogens (tertiary/aromatic N) is 2. The number of unbranched alkanes of at least 4 members (excludes halogenated alkanes) is 4. The molecule has 10 nitrogen and oxygen atoms in total. The quantitative estimate of drug-likeness (QED) is 0.0540. The maximum Gasteiger partial charge on any atom is 0.335 e. The number of aromatic carboxylic acids is 2. The molecule has 0 spiro atoms. The lowest BCUT2D eigenvalue weighted by molar-refractivity contribution is 0.0686. The maximum atomic E-state index is 11.7. The number of rotatable bonds is 24. The van der Waals surface area contributed by atoms with E-state index in [0.29, 0.717) is 36.0 Å². The van der Waals surface area contributed by atoms with Crippen molar-refractivity contribution in [2.75, 3.05) is 59.7 Å². The highest BCUT2D eigenvalue weighted by molar-refractivity contribution is 5.93. The summed E-state index contributed by atoms with van der Waals surface area (Å²) in [5.41, 5.74) is 3.62. The van der Waals surface area contributed by atoms with Crippen LogP contribution in [0.25, 0.3) is 0 Å². The highest BCUT2D eigenvalue weighted by Gasteiger charge is 2.22. The first-order valence-electron chi connectivity index (χ1n) is 26.0. The van der Waals surface area contributed by atoms with Crippen molar-refractivity contribution in [1.29, 1.82) is 0 Å². The van der Waals surface area contributed by atoms with Crippen LogP contribution in [-0.2, 0) is 0 Å². The third-order valence-corrected chi connectivity index (χ3v) is 11.9. The van der Waals surface area contributed by atoms with Crippen LogP contribution in [0.4, 0.5) is 22.7 Å². The van der Waals surface area contributed by atoms with E-state index in [9.17, 15) is 19.8 Å². The lowest BCUT2D eigenvalue weighted by Crippen LogP contribution is -2.26. The summed E-state index contributed by atoms with van der Waals surface area (Å²) in [5.74, 6) is 0.972. The van der Waals surface area contributed by atoms with E-state index >= 15 is 0 Å². The van der Waals surface area contributed by atoms with Crippen molar-refractivity contribution in [3.63, 3.8) is 0 Å². The van der Waals surface area contributed by atoms with E-state index in [0.717, 1.165) is 100 Å². The van der Waals surface area contributed by atoms with Gasteiger partial charge in [0.05, 0.1) is 33.9 Å². The fourth-order valence-electron chi connectivity index (χ4n) is 8.06. The van der Waals surface area contributed by atoms with Crippen LogP contribution < -0.4 is 29.9 Å². The second-order valence-corrected chi connectivity index (χ2v) is 17.5. The zero-order valence-corrected chi connectivity index (χ0v) is 42.2. The number of hydrogen-bond acceptors (Lipinski definition) is 8. The number of anilines is 4. The molecule has 6 rings (SSSR count). The molecule has 0 aliphatic heterocycles. The average molecular weight is 923 g/mol. The number of ether oxygens (including phenoxy) is 2. The Hall–Kier alpha value is -5.38. The van der Waals surface area contributed by atoms with Crippen LogP contribution in [0.5, 0.6) is 23.0 Å². The van der Waals surface area contributed by atoms with Crippen LogP contribution in [0.3, 0.4) is 0 Å². The van der Waals surface area contributed by atoms with Gasteiger partial charge in [-0.15, -0.1) is 0 Å². The molecule has 2 aliphatic carbocycles. The summed E-state index contributed by atoms with van der Waals surface area (Å²) in [7, 11) is 0. The molecule has 0 radical (unpaired) electrons. The van der Waals surface area contributed by atoms with Crippen molar-refractivity contribution in [3.05, 3.63) is 96.1 Å². The van der Waals surface area contributed by atoms with E-state index in [1.165, 1.54) is 70.6 Å². The fourth-order valence-corrected chi connectivity index (χ4v) is 8.06. The van der Waals surface area contributed by atoms with Gasteiger partial charge in [-0.1, -0.05) is 160 Å². The number of carboxylic acid groups (broad SMARTS) is 2. The van der Waals surface area contributed by atoms with Crippen molar-refractivity contribution in [2.24, 2.45) is 0 Å². The number of carbonyl (C=O) groups is 2. The second-order valence-electron chi connectivity index (χ2n) is 17.5. The van der Waals surface area contributed by atoms with Gasteiger partial charge in [-0.05, 0) is 88.1 Å². The smallest absolute Gasteiger partial charge is 0.335 e. The Kier molecular flexibility index (Phi) is 28.4. The fraction of sp³-hybridized carbons (Fsp3) is 0.544. The molecule has 2 aliphatic rings. The first kappa shape index (κ1) is 55.9. The van der Waals surface area contributed by atoms with Gasteiger partial charge in [0.2, 0.25) is 0 Å². The first-order chi connectivity index (χ1) is 32.7. The van der Waals surface area contributed by atoms with Gasteiger partial charge in [-0.2, -0.15) is 0 Å². The van der Waals surface area contributed by atoms with Crippen LogP contribution in [0.2, 0.25) is 0 Å². The standard InChI is InChI=1S/2C23H32N2O3.C6H12.C5H10/c2*1-4-7-14-25(15-8-5-2)21-17-18(23(26)27)16-20(24-6-3)22(21)28-19-12-10-9-11-13-19;1-2-4-6-5-3-1;1-2-4-5-3-1/h2*9-13,16-17,24H,4-8,14-15H2,1-3H3,(H,26,27);1-6H2;1-5H2. The summed E-state index contributed by atoms with van der Waals surface area (Å²) in [6.45, 7) is 17.5. The van der Waals surface area contributed by atoms with E-state index in [1.54, 1.807) is 24.3 Å². The van der Waals surface area contributed by atoms with Gasteiger partial charge in [0, 0.05) is 39.3 Å². The van der Waals surface area contributed by atoms with E-state index in [2.05, 4.69) is 48.1 Å². The Balaban J connectivity index is 0.000000287. The SMILES string of the molecule is C1CCCC1.C1CCCCC1.CCCCN(CCCC)c1cc(C(=O)O)cc(NCC)c1Oc1ccccc1.CCCCN(CCCC)c1cc(C(=O)O)cc(NCC)c1Oc1ccccc1. The highest BCUT2D eigenvalue weighted by atomic mass is 16.5. The number of carboxylic acids is 2. The Labute approximate surface area is 404 Å². The second kappa shape index (κ2) is 34.0. The predicted octanol–water partition coefficient (Wildman–Crippen LogP) is 16.3. The Bertz CT molecular complexity index is 1770. The van der Waals surface area contributed by atoms with Crippen molar-refractivity contribution in [1.82, 2.24) is 0 Å². The van der Waals surface area contributed by atoms with E-state index in [1.807, 2.05) is 74.5 Å². The van der Waals surface area contributed by atoms with Gasteiger partial charge in [-0.25, -0.2) is 9.59 Å². The molecule has 0 heterocycles. The Morgan fingerprint density at radius 3 is 0.985 bits per heavy atom. The van der Waals surface area contributed by atoms with Gasteiger partial charge in [0.1, 0.15) is 11.5 Å². The van der Waals surface area contributed by atoms with E-state index in [-0.39, 0.29) is 11.1 Å². The minimum absolute atomic E-state index is 0.268. The molecule has 0 aromatic heterocycles. The molecule has 0 saturated heterocycles. The third-order valence-electron chi connectivity index (χ3n) is 11.9. The molecule has 4 aromatic rings. The van der Waals surface area contributed by atoms with Gasteiger partial charge in [0.15, 0.2) is 11.5 Å². The van der Waals surface area contributed by atoms with Crippen molar-refractivity contribution in [2.45, 2.75) is 164 Å². The molecular formula is C57H86N4O6. The largest absolute Gasteiger partial charge is 0.478 e. The molecule has 0 unspecified atom stereocenters. The van der Waals surface area contributed by atoms with Gasteiger partial charge in [0.25, 0.3) is 0 Å². The minimum Gasteiger partial charge on any atom is -0.478 e. The third kappa shape index (κ3) is 21.0. The predicted molar refractivity (Wildman–Crippen MR) is 283 cm³/mol. The monoisotopic (exact) mass is 923 g/mol. The zero-order chi connectivity index (χ0) is 48.5. The minimum atomic E-state index is -0.933. The summed E-state index contributed by atoms with van der Waals surface area (Å²) in [5, 5.41) is 25.8. The molecule has 4 aromatic carbocycles. The summed E-state index contributed by atoms with van der Waals surface area (Å²) < 4.78 is 12.5. The summed E-state index contributed by atoms with van der Waals surface area (Å²) in [6.07, 6.45) is 25.0. The number of hydrogen-bond donors (Lipinski definition) is 4. The number of para-hydroxylation sites is 2. The van der Waals surface area contributed by atoms with Gasteiger partial charge in [-0.3, -0.25) is 0 Å². The van der Waals surface area contributed by atoms with Crippen LogP contribution in [0.15, 0.2) is 84.9 Å². The molecule has 370 valence electrons. The molecule has 0 atom stereocenters. The molecule has 2 fully saturated rings. The van der Waals surface area contributed by atoms with Crippen molar-refractivity contribution < 1.29 is 29.3 Å². The van der Waals surface area contributed by atoms with E-state index in [4.69, 9.17) is 9.47 Å². The highest BCUT2D eigenvalue weighted by Crippen LogP contribution is 2.42. The average Bonchev–Trinajstić information content (AvgIpc) is 3.95. The number of benzene rings is 4. The van der Waals surface area contributed by atoms with Crippen LogP contribution in [0.1, 0.15) is 184 Å². The van der Waals surface area contributed by atoms with Crippen molar-refractivity contribution >= 4 is 34.7 Å². The Morgan fingerprint density at radius 1 is 0.463 bits per heavy atom. The zero-order valence-electron chi connectivity index (χ0n) is 42.2. The normalized spacial score (nSPS) is 12.7. The topological polar surface area (TPSA) is 124 Å². The molecule has 4 N–H and O–H groups in total. The van der Waals surface area contributed by atoms with Gasteiger partial charge >= 0.3 is 11.9 Å². The summed E-state index contributed by atoms with van der Waals surface area (Å²) >= 11 is 0. The molecular weight excluding hydrogens is 837 g/mol. The lowest BCUT2D eigenvalue weighted by Gasteiger charge is -2.28.